The van der Waals surface area contributed by atoms with Gasteiger partial charge >= 0.3 is 5.97 Å². The van der Waals surface area contributed by atoms with Crippen LogP contribution in [0.1, 0.15) is 25.8 Å². The Morgan fingerprint density at radius 2 is 2.12 bits per heavy atom. The molecule has 1 unspecified atom stereocenters. The minimum absolute atomic E-state index is 0.0644. The maximum absolute atomic E-state index is 14.4. The number of ketones is 1. The first-order valence-corrected chi connectivity index (χ1v) is 9.67. The predicted molar refractivity (Wildman–Crippen MR) is 88.8 cm³/mol. The first kappa shape index (κ1) is 18.7. The molecule has 7 nitrogen and oxygen atoms in total. The van der Waals surface area contributed by atoms with E-state index in [-0.39, 0.29) is 22.9 Å². The highest BCUT2D eigenvalue weighted by Crippen LogP contribution is 2.43. The lowest BCUT2D eigenvalue weighted by Gasteiger charge is -2.26. The first-order valence-electron chi connectivity index (χ1n) is 7.69. The highest BCUT2D eigenvalue weighted by molar-refractivity contribution is 7.89. The molecule has 2 heterocycles. The third-order valence-electron chi connectivity index (χ3n) is 4.15. The number of carbonyl (C=O) groups excluding carboxylic acids is 2. The minimum Gasteiger partial charge on any atom is -0.456 e. The number of benzene rings is 1. The van der Waals surface area contributed by atoms with Crippen LogP contribution in [0.5, 0.6) is 0 Å². The molecule has 3 rings (SSSR count). The largest absolute Gasteiger partial charge is 0.456 e. The zero-order valence-electron chi connectivity index (χ0n) is 13.9. The van der Waals surface area contributed by atoms with E-state index in [1.54, 1.807) is 0 Å². The van der Waals surface area contributed by atoms with Crippen molar-refractivity contribution in [2.45, 2.75) is 25.9 Å². The Labute approximate surface area is 154 Å². The summed E-state index contributed by atoms with van der Waals surface area (Å²) in [5.41, 5.74) is -2.05. The number of hydrogen-bond donors (Lipinski definition) is 0. The van der Waals surface area contributed by atoms with Crippen molar-refractivity contribution in [3.05, 3.63) is 46.2 Å². The van der Waals surface area contributed by atoms with Crippen molar-refractivity contribution >= 4 is 33.4 Å². The topological polar surface area (TPSA) is 90.0 Å². The molecule has 2 aliphatic rings. The molecule has 1 fully saturated rings. The number of sulfonamides is 1. The van der Waals surface area contributed by atoms with Gasteiger partial charge in [0.1, 0.15) is 5.82 Å². The lowest BCUT2D eigenvalue weighted by Crippen LogP contribution is -2.34. The number of rotatable bonds is 3. The Morgan fingerprint density at radius 3 is 2.65 bits per heavy atom. The van der Waals surface area contributed by atoms with E-state index in [2.05, 4.69) is 0 Å². The molecule has 2 aliphatic heterocycles. The summed E-state index contributed by atoms with van der Waals surface area (Å²) in [6, 6.07) is 3.65. The van der Waals surface area contributed by atoms with E-state index in [9.17, 15) is 22.4 Å². The lowest BCUT2D eigenvalue weighted by molar-refractivity contribution is -0.142. The fourth-order valence-electron chi connectivity index (χ4n) is 2.92. The van der Waals surface area contributed by atoms with Gasteiger partial charge in [0.05, 0.1) is 5.75 Å². The van der Waals surface area contributed by atoms with Crippen LogP contribution in [0.3, 0.4) is 0 Å². The number of carbonyl (C=O) groups is 2. The molecule has 26 heavy (non-hydrogen) atoms. The van der Waals surface area contributed by atoms with Gasteiger partial charge in [0.25, 0.3) is 11.7 Å². The summed E-state index contributed by atoms with van der Waals surface area (Å²) >= 11 is 5.74. The minimum atomic E-state index is -3.72. The van der Waals surface area contributed by atoms with Crippen LogP contribution in [-0.2, 0) is 34.7 Å². The molecular formula is C16H15ClFNO6S. The molecule has 0 bridgehead atoms. The zero-order chi connectivity index (χ0) is 19.3. The SMILES string of the molecule is CC(=O)OC1=C(N2CCCS2(=O)=O)OC(C)(c2ccc(Cl)cc2F)C1=O. The van der Waals surface area contributed by atoms with E-state index in [1.165, 1.54) is 19.1 Å². The maximum atomic E-state index is 14.4. The number of ether oxygens (including phenoxy) is 2. The van der Waals surface area contributed by atoms with Gasteiger partial charge in [-0.3, -0.25) is 9.59 Å². The third-order valence-corrected chi connectivity index (χ3v) is 6.21. The Hall–Kier alpha value is -2.13. The molecule has 0 amide bonds. The maximum Gasteiger partial charge on any atom is 0.308 e. The standard InChI is InChI=1S/C16H15ClFNO6S/c1-9(20)24-13-14(21)16(2,11-5-4-10(17)8-12(11)18)25-15(13)19-6-3-7-26(19,22)23/h4-5,8H,3,6-7H2,1-2H3. The van der Waals surface area contributed by atoms with Crippen LogP contribution in [0.15, 0.2) is 29.8 Å². The molecule has 1 saturated heterocycles. The van der Waals surface area contributed by atoms with E-state index in [0.717, 1.165) is 17.3 Å². The Kier molecular flexibility index (Phi) is 4.48. The second-order valence-corrected chi connectivity index (χ2v) is 8.51. The third kappa shape index (κ3) is 2.95. The van der Waals surface area contributed by atoms with Gasteiger partial charge in [0, 0.05) is 24.1 Å². The molecule has 10 heteroatoms. The van der Waals surface area contributed by atoms with Crippen LogP contribution in [0.25, 0.3) is 0 Å². The quantitative estimate of drug-likeness (QED) is 0.717. The molecule has 0 radical (unpaired) electrons. The summed E-state index contributed by atoms with van der Waals surface area (Å²) in [5, 5.41) is 0.121. The number of halogens is 2. The van der Waals surface area contributed by atoms with Gasteiger partial charge in [-0.25, -0.2) is 17.1 Å². The van der Waals surface area contributed by atoms with E-state index >= 15 is 0 Å². The molecule has 0 N–H and O–H groups in total. The molecule has 1 atom stereocenters. The van der Waals surface area contributed by atoms with Gasteiger partial charge in [-0.05, 0) is 25.5 Å². The zero-order valence-corrected chi connectivity index (χ0v) is 15.5. The van der Waals surface area contributed by atoms with Crippen LogP contribution >= 0.6 is 11.6 Å². The second-order valence-electron chi connectivity index (χ2n) is 6.06. The number of hydrogen-bond acceptors (Lipinski definition) is 6. The monoisotopic (exact) mass is 403 g/mol. The van der Waals surface area contributed by atoms with Crippen LogP contribution in [0, 0.1) is 5.82 Å². The summed E-state index contributed by atoms with van der Waals surface area (Å²) < 4.78 is 50.2. The smallest absolute Gasteiger partial charge is 0.308 e. The first-order chi connectivity index (χ1) is 12.1. The highest BCUT2D eigenvalue weighted by atomic mass is 35.5. The molecule has 0 aliphatic carbocycles. The Bertz CT molecular complexity index is 944. The Morgan fingerprint density at radius 1 is 1.42 bits per heavy atom. The number of esters is 1. The Balaban J connectivity index is 2.11. The summed E-state index contributed by atoms with van der Waals surface area (Å²) in [5.74, 6) is -3.58. The average Bonchev–Trinajstić information content (AvgIpc) is 2.99. The summed E-state index contributed by atoms with van der Waals surface area (Å²) in [7, 11) is -3.72. The van der Waals surface area contributed by atoms with Crippen molar-refractivity contribution < 1.29 is 31.9 Å². The van der Waals surface area contributed by atoms with Gasteiger partial charge in [0.15, 0.2) is 0 Å². The van der Waals surface area contributed by atoms with E-state index in [1.807, 2.05) is 0 Å². The van der Waals surface area contributed by atoms with E-state index in [4.69, 9.17) is 21.1 Å². The van der Waals surface area contributed by atoms with Gasteiger partial charge in [-0.1, -0.05) is 17.7 Å². The normalized spacial score (nSPS) is 24.8. The van der Waals surface area contributed by atoms with Gasteiger partial charge in [0.2, 0.25) is 21.4 Å². The molecule has 1 aromatic carbocycles. The fourth-order valence-corrected chi connectivity index (χ4v) is 4.57. The summed E-state index contributed by atoms with van der Waals surface area (Å²) in [6.07, 6.45) is 0.322. The molecular weight excluding hydrogens is 389 g/mol. The van der Waals surface area contributed by atoms with Crippen molar-refractivity contribution in [2.75, 3.05) is 12.3 Å². The van der Waals surface area contributed by atoms with Crippen LogP contribution in [0.4, 0.5) is 4.39 Å². The molecule has 0 saturated carbocycles. The fraction of sp³-hybridized carbons (Fsp3) is 0.375. The van der Waals surface area contributed by atoms with Crippen molar-refractivity contribution in [3.8, 4) is 0 Å². The molecule has 140 valence electrons. The number of Topliss-reactive ketones (excluding diaryl/α,β-unsaturated/α-hetero) is 1. The summed E-state index contributed by atoms with van der Waals surface area (Å²) in [4.78, 5) is 24.3. The van der Waals surface area contributed by atoms with Crippen molar-refractivity contribution in [2.24, 2.45) is 0 Å². The number of nitrogens with zero attached hydrogens (tertiary/aromatic N) is 1. The van der Waals surface area contributed by atoms with E-state index in [0.29, 0.717) is 6.42 Å². The lowest BCUT2D eigenvalue weighted by atomic mass is 9.91. The van der Waals surface area contributed by atoms with Crippen molar-refractivity contribution in [1.29, 1.82) is 0 Å². The van der Waals surface area contributed by atoms with Gasteiger partial charge in [-0.2, -0.15) is 0 Å². The van der Waals surface area contributed by atoms with Crippen LogP contribution in [0.2, 0.25) is 5.02 Å². The molecule has 1 aromatic rings. The van der Waals surface area contributed by atoms with Gasteiger partial charge < -0.3 is 9.47 Å². The van der Waals surface area contributed by atoms with Crippen LogP contribution in [-0.4, -0.2) is 36.8 Å². The summed E-state index contributed by atoms with van der Waals surface area (Å²) in [6.45, 7) is 2.41. The van der Waals surface area contributed by atoms with Crippen molar-refractivity contribution in [3.63, 3.8) is 0 Å². The average molecular weight is 404 g/mol. The molecule has 0 aromatic heterocycles. The predicted octanol–water partition coefficient (Wildman–Crippen LogP) is 2.06. The molecule has 0 spiro atoms. The van der Waals surface area contributed by atoms with Crippen LogP contribution < -0.4 is 0 Å². The van der Waals surface area contributed by atoms with Crippen molar-refractivity contribution in [1.82, 2.24) is 4.31 Å². The second kappa shape index (κ2) is 6.24. The van der Waals surface area contributed by atoms with E-state index < -0.39 is 44.8 Å². The van der Waals surface area contributed by atoms with Gasteiger partial charge in [-0.15, -0.1) is 0 Å². The highest BCUT2D eigenvalue weighted by Gasteiger charge is 2.54.